The van der Waals surface area contributed by atoms with Gasteiger partial charge >= 0.3 is 0 Å². The van der Waals surface area contributed by atoms with Crippen LogP contribution in [0, 0.1) is 5.92 Å². The molecule has 0 aromatic carbocycles. The van der Waals surface area contributed by atoms with E-state index in [0.29, 0.717) is 32.9 Å². The molecule has 0 rings (SSSR count). The average Bonchev–Trinajstić information content (AvgIpc) is 2.48. The molecule has 2 N–H and O–H groups in total. The SMILES string of the molecule is CC(=O)NCCOCCOCC(=O)NCCOCC(=O)C(C)C. The number of rotatable bonds is 14. The van der Waals surface area contributed by atoms with E-state index in [9.17, 15) is 14.4 Å². The van der Waals surface area contributed by atoms with E-state index in [2.05, 4.69) is 10.6 Å². The number of Topliss-reactive ketones (excluding diaryl/α,β-unsaturated/α-hetero) is 1. The highest BCUT2D eigenvalue weighted by Gasteiger charge is 2.06. The number of ether oxygens (including phenoxy) is 3. The predicted octanol–water partition coefficient (Wildman–Crippen LogP) is -0.486. The van der Waals surface area contributed by atoms with Crippen molar-refractivity contribution in [2.24, 2.45) is 5.92 Å². The van der Waals surface area contributed by atoms with E-state index < -0.39 is 0 Å². The fourth-order valence-electron chi connectivity index (χ4n) is 1.34. The second-order valence-corrected chi connectivity index (χ2v) is 5.17. The summed E-state index contributed by atoms with van der Waals surface area (Å²) >= 11 is 0. The molecule has 0 saturated heterocycles. The van der Waals surface area contributed by atoms with E-state index >= 15 is 0 Å². The normalized spacial score (nSPS) is 10.6. The lowest BCUT2D eigenvalue weighted by Gasteiger charge is -2.08. The highest BCUT2D eigenvalue weighted by molar-refractivity contribution is 5.81. The van der Waals surface area contributed by atoms with E-state index in [-0.39, 0.29) is 43.3 Å². The fourth-order valence-corrected chi connectivity index (χ4v) is 1.34. The quantitative estimate of drug-likeness (QED) is 0.416. The van der Waals surface area contributed by atoms with Crippen LogP contribution in [-0.2, 0) is 28.6 Å². The number of ketones is 1. The van der Waals surface area contributed by atoms with Crippen molar-refractivity contribution in [1.82, 2.24) is 10.6 Å². The van der Waals surface area contributed by atoms with E-state index in [1.54, 1.807) is 0 Å². The molecule has 0 fully saturated rings. The molecule has 0 unspecified atom stereocenters. The zero-order valence-electron chi connectivity index (χ0n) is 14.2. The van der Waals surface area contributed by atoms with Crippen LogP contribution in [0.2, 0.25) is 0 Å². The third-order valence-electron chi connectivity index (χ3n) is 2.68. The maximum Gasteiger partial charge on any atom is 0.246 e. The molecule has 0 bridgehead atoms. The zero-order chi connectivity index (χ0) is 17.5. The molecule has 23 heavy (non-hydrogen) atoms. The topological polar surface area (TPSA) is 103 Å². The molecule has 0 aliphatic heterocycles. The summed E-state index contributed by atoms with van der Waals surface area (Å²) in [6.07, 6.45) is 0. The summed E-state index contributed by atoms with van der Waals surface area (Å²) in [5, 5.41) is 5.22. The Labute approximate surface area is 137 Å². The van der Waals surface area contributed by atoms with Gasteiger partial charge in [-0.1, -0.05) is 13.8 Å². The Morgan fingerprint density at radius 1 is 0.826 bits per heavy atom. The van der Waals surface area contributed by atoms with Crippen LogP contribution in [0.15, 0.2) is 0 Å². The Morgan fingerprint density at radius 2 is 1.39 bits per heavy atom. The second kappa shape index (κ2) is 14.1. The summed E-state index contributed by atoms with van der Waals surface area (Å²) in [7, 11) is 0. The van der Waals surface area contributed by atoms with Crippen molar-refractivity contribution in [3.63, 3.8) is 0 Å². The number of amides is 2. The summed E-state index contributed by atoms with van der Waals surface area (Å²) in [5.41, 5.74) is 0. The van der Waals surface area contributed by atoms with Crippen LogP contribution >= 0.6 is 0 Å². The zero-order valence-corrected chi connectivity index (χ0v) is 14.2. The lowest BCUT2D eigenvalue weighted by molar-refractivity contribution is -0.127. The van der Waals surface area contributed by atoms with Gasteiger partial charge in [0.15, 0.2) is 5.78 Å². The minimum Gasteiger partial charge on any atom is -0.377 e. The predicted molar refractivity (Wildman–Crippen MR) is 84.0 cm³/mol. The van der Waals surface area contributed by atoms with Crippen molar-refractivity contribution in [2.75, 3.05) is 52.7 Å². The molecule has 0 aliphatic rings. The van der Waals surface area contributed by atoms with E-state index in [1.807, 2.05) is 13.8 Å². The summed E-state index contributed by atoms with van der Waals surface area (Å²) in [6.45, 7) is 7.21. The number of carbonyl (C=O) groups is 3. The Kier molecular flexibility index (Phi) is 13.2. The molecule has 0 radical (unpaired) electrons. The molecule has 0 heterocycles. The second-order valence-electron chi connectivity index (χ2n) is 5.17. The Balaban J connectivity index is 3.31. The maximum absolute atomic E-state index is 11.4. The number of nitrogens with one attached hydrogen (secondary N) is 2. The van der Waals surface area contributed by atoms with Gasteiger partial charge in [-0.15, -0.1) is 0 Å². The van der Waals surface area contributed by atoms with Crippen LogP contribution in [0.5, 0.6) is 0 Å². The maximum atomic E-state index is 11.4. The van der Waals surface area contributed by atoms with Gasteiger partial charge in [0.25, 0.3) is 0 Å². The van der Waals surface area contributed by atoms with Crippen molar-refractivity contribution < 1.29 is 28.6 Å². The molecule has 0 aromatic heterocycles. The van der Waals surface area contributed by atoms with Crippen molar-refractivity contribution in [3.05, 3.63) is 0 Å². The molecular weight excluding hydrogens is 304 g/mol. The van der Waals surface area contributed by atoms with E-state index in [1.165, 1.54) is 6.92 Å². The highest BCUT2D eigenvalue weighted by atomic mass is 16.5. The summed E-state index contributed by atoms with van der Waals surface area (Å²) in [5.74, 6) is -0.349. The molecule has 8 heteroatoms. The van der Waals surface area contributed by atoms with Gasteiger partial charge in [0.1, 0.15) is 13.2 Å². The van der Waals surface area contributed by atoms with Gasteiger partial charge in [-0.25, -0.2) is 0 Å². The first kappa shape index (κ1) is 21.5. The minimum atomic E-state index is -0.248. The lowest BCUT2D eigenvalue weighted by atomic mass is 10.1. The van der Waals surface area contributed by atoms with E-state index in [4.69, 9.17) is 14.2 Å². The highest BCUT2D eigenvalue weighted by Crippen LogP contribution is 1.93. The van der Waals surface area contributed by atoms with Gasteiger partial charge in [-0.05, 0) is 0 Å². The van der Waals surface area contributed by atoms with Gasteiger partial charge in [0, 0.05) is 25.9 Å². The average molecular weight is 332 g/mol. The van der Waals surface area contributed by atoms with Crippen molar-refractivity contribution in [2.45, 2.75) is 20.8 Å². The van der Waals surface area contributed by atoms with Gasteiger partial charge in [-0.2, -0.15) is 0 Å². The van der Waals surface area contributed by atoms with Gasteiger partial charge in [0.2, 0.25) is 11.8 Å². The van der Waals surface area contributed by atoms with Crippen LogP contribution in [0.4, 0.5) is 0 Å². The Bertz CT molecular complexity index is 360. The number of hydrogen-bond donors (Lipinski definition) is 2. The lowest BCUT2D eigenvalue weighted by Crippen LogP contribution is -2.31. The van der Waals surface area contributed by atoms with Crippen molar-refractivity contribution in [3.8, 4) is 0 Å². The summed E-state index contributed by atoms with van der Waals surface area (Å²) in [4.78, 5) is 33.3. The molecule has 0 aromatic rings. The first-order chi connectivity index (χ1) is 10.9. The Hall–Kier alpha value is -1.51. The van der Waals surface area contributed by atoms with Crippen LogP contribution in [0.1, 0.15) is 20.8 Å². The molecule has 0 atom stereocenters. The summed E-state index contributed by atoms with van der Waals surface area (Å²) in [6, 6.07) is 0. The van der Waals surface area contributed by atoms with Gasteiger partial charge in [-0.3, -0.25) is 14.4 Å². The van der Waals surface area contributed by atoms with Crippen LogP contribution in [0.3, 0.4) is 0 Å². The van der Waals surface area contributed by atoms with Gasteiger partial charge < -0.3 is 24.8 Å². The van der Waals surface area contributed by atoms with Crippen LogP contribution in [-0.4, -0.2) is 70.3 Å². The monoisotopic (exact) mass is 332 g/mol. The molecule has 0 saturated carbocycles. The van der Waals surface area contributed by atoms with Crippen LogP contribution < -0.4 is 10.6 Å². The molecule has 134 valence electrons. The first-order valence-corrected chi connectivity index (χ1v) is 7.70. The number of carbonyl (C=O) groups excluding carboxylic acids is 3. The molecule has 0 spiro atoms. The molecule has 0 aliphatic carbocycles. The number of hydrogen-bond acceptors (Lipinski definition) is 6. The van der Waals surface area contributed by atoms with Crippen molar-refractivity contribution in [1.29, 1.82) is 0 Å². The minimum absolute atomic E-state index is 0.0400. The first-order valence-electron chi connectivity index (χ1n) is 7.70. The third kappa shape index (κ3) is 15.2. The summed E-state index contributed by atoms with van der Waals surface area (Å²) < 4.78 is 15.5. The van der Waals surface area contributed by atoms with Crippen LogP contribution in [0.25, 0.3) is 0 Å². The van der Waals surface area contributed by atoms with Gasteiger partial charge in [0.05, 0.1) is 26.4 Å². The Morgan fingerprint density at radius 3 is 2.04 bits per heavy atom. The fraction of sp³-hybridized carbons (Fsp3) is 0.800. The largest absolute Gasteiger partial charge is 0.377 e. The molecule has 2 amide bonds. The third-order valence-corrected chi connectivity index (χ3v) is 2.68. The smallest absolute Gasteiger partial charge is 0.246 e. The van der Waals surface area contributed by atoms with E-state index in [0.717, 1.165) is 0 Å². The molecule has 8 nitrogen and oxygen atoms in total. The molecular formula is C15H28N2O6. The standard InChI is InChI=1S/C15H28N2O6/c1-12(2)14(19)10-22-7-5-17-15(20)11-23-9-8-21-6-4-16-13(3)18/h12H,4-11H2,1-3H3,(H,16,18)(H,17,20). The van der Waals surface area contributed by atoms with Crippen molar-refractivity contribution >= 4 is 17.6 Å².